The number of ether oxygens (including phenoxy) is 1. The zero-order chi connectivity index (χ0) is 10.4. The molecule has 14 heavy (non-hydrogen) atoms. The zero-order valence-electron chi connectivity index (χ0n) is 7.50. The standard InChI is InChI=1S/C10H10Cl2O2/c11-8-4-1-2-5-9(8)14-7-3-6-10(12)13/h1-2,4-5H,3,6-7H2. The summed E-state index contributed by atoms with van der Waals surface area (Å²) in [5, 5.41) is 0.234. The zero-order valence-corrected chi connectivity index (χ0v) is 9.02. The molecular weight excluding hydrogens is 223 g/mol. The molecule has 0 heterocycles. The van der Waals surface area contributed by atoms with Crippen LogP contribution in [0.2, 0.25) is 5.02 Å². The molecule has 76 valence electrons. The Morgan fingerprint density at radius 2 is 2.07 bits per heavy atom. The summed E-state index contributed by atoms with van der Waals surface area (Å²) in [6.45, 7) is 0.447. The summed E-state index contributed by atoms with van der Waals surface area (Å²) < 4.78 is 5.34. The van der Waals surface area contributed by atoms with Crippen molar-refractivity contribution in [3.8, 4) is 5.75 Å². The third kappa shape index (κ3) is 3.99. The average molecular weight is 233 g/mol. The van der Waals surface area contributed by atoms with Gasteiger partial charge in [-0.05, 0) is 30.2 Å². The quantitative estimate of drug-likeness (QED) is 0.576. The Bertz CT molecular complexity index is 313. The van der Waals surface area contributed by atoms with Crippen LogP contribution in [0.5, 0.6) is 5.75 Å². The van der Waals surface area contributed by atoms with Crippen LogP contribution in [0.15, 0.2) is 24.3 Å². The molecule has 1 rings (SSSR count). The van der Waals surface area contributed by atoms with Crippen LogP contribution < -0.4 is 4.74 Å². The molecule has 0 N–H and O–H groups in total. The Morgan fingerprint density at radius 3 is 2.71 bits per heavy atom. The smallest absolute Gasteiger partial charge is 0.221 e. The lowest BCUT2D eigenvalue weighted by Crippen LogP contribution is -1.99. The van der Waals surface area contributed by atoms with Crippen molar-refractivity contribution >= 4 is 28.4 Å². The fourth-order valence-electron chi connectivity index (χ4n) is 0.955. The number of benzene rings is 1. The van der Waals surface area contributed by atoms with Crippen molar-refractivity contribution < 1.29 is 9.53 Å². The molecule has 4 heteroatoms. The largest absolute Gasteiger partial charge is 0.492 e. The minimum atomic E-state index is -0.340. The van der Waals surface area contributed by atoms with Crippen LogP contribution in [-0.4, -0.2) is 11.8 Å². The van der Waals surface area contributed by atoms with E-state index in [0.717, 1.165) is 0 Å². The molecule has 0 spiro atoms. The lowest BCUT2D eigenvalue weighted by Gasteiger charge is -2.06. The second kappa shape index (κ2) is 5.89. The van der Waals surface area contributed by atoms with Gasteiger partial charge < -0.3 is 4.74 Å². The molecule has 0 radical (unpaired) electrons. The molecule has 1 aromatic carbocycles. The van der Waals surface area contributed by atoms with Gasteiger partial charge in [0.1, 0.15) is 5.75 Å². The van der Waals surface area contributed by atoms with Gasteiger partial charge in [0, 0.05) is 6.42 Å². The summed E-state index contributed by atoms with van der Waals surface area (Å²) >= 11 is 11.0. The first-order valence-electron chi connectivity index (χ1n) is 4.26. The highest BCUT2D eigenvalue weighted by atomic mass is 35.5. The van der Waals surface area contributed by atoms with Crippen LogP contribution in [0.25, 0.3) is 0 Å². The molecule has 0 aliphatic carbocycles. The van der Waals surface area contributed by atoms with E-state index in [4.69, 9.17) is 27.9 Å². The molecule has 0 aliphatic heterocycles. The van der Waals surface area contributed by atoms with Gasteiger partial charge in [-0.15, -0.1) is 0 Å². The van der Waals surface area contributed by atoms with Gasteiger partial charge in [0.15, 0.2) is 0 Å². The molecule has 0 aliphatic rings. The highest BCUT2D eigenvalue weighted by Crippen LogP contribution is 2.23. The van der Waals surface area contributed by atoms with E-state index in [0.29, 0.717) is 30.2 Å². The lowest BCUT2D eigenvalue weighted by molar-refractivity contribution is -0.111. The maximum atomic E-state index is 10.4. The monoisotopic (exact) mass is 232 g/mol. The van der Waals surface area contributed by atoms with Crippen molar-refractivity contribution in [3.63, 3.8) is 0 Å². The number of halogens is 2. The van der Waals surface area contributed by atoms with Crippen molar-refractivity contribution in [1.29, 1.82) is 0 Å². The summed E-state index contributed by atoms with van der Waals surface area (Å²) in [7, 11) is 0. The minimum Gasteiger partial charge on any atom is -0.492 e. The van der Waals surface area contributed by atoms with Crippen molar-refractivity contribution in [2.75, 3.05) is 6.61 Å². The van der Waals surface area contributed by atoms with E-state index in [9.17, 15) is 4.79 Å². The summed E-state index contributed by atoms with van der Waals surface area (Å²) in [6, 6.07) is 7.21. The van der Waals surface area contributed by atoms with E-state index >= 15 is 0 Å². The molecule has 0 bridgehead atoms. The third-order valence-corrected chi connectivity index (χ3v) is 2.11. The number of hydrogen-bond donors (Lipinski definition) is 0. The topological polar surface area (TPSA) is 26.3 Å². The van der Waals surface area contributed by atoms with Crippen molar-refractivity contribution in [3.05, 3.63) is 29.3 Å². The number of hydrogen-bond acceptors (Lipinski definition) is 2. The van der Waals surface area contributed by atoms with E-state index in [1.165, 1.54) is 0 Å². The van der Waals surface area contributed by atoms with Crippen LogP contribution in [0, 0.1) is 0 Å². The van der Waals surface area contributed by atoms with Crippen LogP contribution in [0.1, 0.15) is 12.8 Å². The predicted octanol–water partition coefficient (Wildman–Crippen LogP) is 3.26. The Morgan fingerprint density at radius 1 is 1.36 bits per heavy atom. The van der Waals surface area contributed by atoms with Crippen molar-refractivity contribution in [2.45, 2.75) is 12.8 Å². The third-order valence-electron chi connectivity index (χ3n) is 1.61. The first-order chi connectivity index (χ1) is 6.70. The lowest BCUT2D eigenvalue weighted by atomic mass is 10.3. The average Bonchev–Trinajstić information content (AvgIpc) is 2.15. The Hall–Kier alpha value is -0.730. The molecule has 2 nitrogen and oxygen atoms in total. The Balaban J connectivity index is 2.31. The van der Waals surface area contributed by atoms with Crippen LogP contribution in [0.4, 0.5) is 0 Å². The van der Waals surface area contributed by atoms with Crippen LogP contribution >= 0.6 is 23.2 Å². The molecule has 0 saturated carbocycles. The van der Waals surface area contributed by atoms with Gasteiger partial charge in [-0.2, -0.15) is 0 Å². The number of rotatable bonds is 5. The van der Waals surface area contributed by atoms with E-state index in [-0.39, 0.29) is 5.24 Å². The molecule has 1 aromatic rings. The van der Waals surface area contributed by atoms with Crippen LogP contribution in [0.3, 0.4) is 0 Å². The first-order valence-corrected chi connectivity index (χ1v) is 5.01. The van der Waals surface area contributed by atoms with Gasteiger partial charge in [0.25, 0.3) is 0 Å². The molecule has 0 fully saturated rings. The highest BCUT2D eigenvalue weighted by molar-refractivity contribution is 6.63. The van der Waals surface area contributed by atoms with Crippen molar-refractivity contribution in [1.82, 2.24) is 0 Å². The van der Waals surface area contributed by atoms with E-state index in [2.05, 4.69) is 0 Å². The van der Waals surface area contributed by atoms with Crippen LogP contribution in [-0.2, 0) is 4.79 Å². The second-order valence-corrected chi connectivity index (χ2v) is 3.57. The van der Waals surface area contributed by atoms with Gasteiger partial charge in [-0.25, -0.2) is 0 Å². The summed E-state index contributed by atoms with van der Waals surface area (Å²) in [5.41, 5.74) is 0. The normalized spacial score (nSPS) is 9.86. The highest BCUT2D eigenvalue weighted by Gasteiger charge is 2.00. The maximum absolute atomic E-state index is 10.4. The molecule has 0 saturated heterocycles. The van der Waals surface area contributed by atoms with E-state index < -0.39 is 0 Å². The van der Waals surface area contributed by atoms with E-state index in [1.807, 2.05) is 12.1 Å². The van der Waals surface area contributed by atoms with Gasteiger partial charge in [0.2, 0.25) is 5.24 Å². The summed E-state index contributed by atoms with van der Waals surface area (Å²) in [4.78, 5) is 10.4. The Labute approximate surface area is 92.8 Å². The molecule has 0 aromatic heterocycles. The maximum Gasteiger partial charge on any atom is 0.221 e. The number of carbonyl (C=O) groups is 1. The van der Waals surface area contributed by atoms with Crippen molar-refractivity contribution in [2.24, 2.45) is 0 Å². The Kier molecular flexibility index (Phi) is 4.77. The molecular formula is C10H10Cl2O2. The van der Waals surface area contributed by atoms with Gasteiger partial charge >= 0.3 is 0 Å². The van der Waals surface area contributed by atoms with Gasteiger partial charge in [-0.1, -0.05) is 23.7 Å². The second-order valence-electron chi connectivity index (χ2n) is 2.74. The number of para-hydroxylation sites is 1. The first kappa shape index (κ1) is 11.3. The minimum absolute atomic E-state index is 0.325. The van der Waals surface area contributed by atoms with Gasteiger partial charge in [0.05, 0.1) is 11.6 Å². The van der Waals surface area contributed by atoms with E-state index in [1.54, 1.807) is 12.1 Å². The number of carbonyl (C=O) groups excluding carboxylic acids is 1. The summed E-state index contributed by atoms with van der Waals surface area (Å²) in [6.07, 6.45) is 0.930. The predicted molar refractivity (Wildman–Crippen MR) is 57.0 cm³/mol. The molecule has 0 amide bonds. The molecule has 0 unspecified atom stereocenters. The fourth-order valence-corrected chi connectivity index (χ4v) is 1.28. The van der Waals surface area contributed by atoms with Gasteiger partial charge in [-0.3, -0.25) is 4.79 Å². The fraction of sp³-hybridized carbons (Fsp3) is 0.300. The summed E-state index contributed by atoms with van der Waals surface area (Å²) in [5.74, 6) is 0.635. The SMILES string of the molecule is O=C(Cl)CCCOc1ccccc1Cl. The molecule has 0 atom stereocenters.